The van der Waals surface area contributed by atoms with Gasteiger partial charge >= 0.3 is 6.09 Å². The number of anilines is 2. The largest absolute Gasteiger partial charge is 0.444 e. The average molecular weight is 429 g/mol. The van der Waals surface area contributed by atoms with E-state index in [4.69, 9.17) is 4.74 Å². The van der Waals surface area contributed by atoms with E-state index in [0.29, 0.717) is 37.9 Å². The van der Waals surface area contributed by atoms with Gasteiger partial charge < -0.3 is 19.9 Å². The summed E-state index contributed by atoms with van der Waals surface area (Å²) in [5.41, 5.74) is 1.66. The van der Waals surface area contributed by atoms with Crippen LogP contribution in [0, 0.1) is 0 Å². The van der Waals surface area contributed by atoms with Gasteiger partial charge in [0, 0.05) is 26.2 Å². The normalized spacial score (nSPS) is 17.0. The summed E-state index contributed by atoms with van der Waals surface area (Å²) in [6, 6.07) is 5.85. The van der Waals surface area contributed by atoms with Crippen molar-refractivity contribution in [2.45, 2.75) is 45.1 Å². The molecule has 0 aromatic carbocycles. The number of carbonyl (C=O) groups is 2. The van der Waals surface area contributed by atoms with Crippen LogP contribution in [0.2, 0.25) is 0 Å². The number of nitrogens with zero attached hydrogens (tertiary/aromatic N) is 3. The fourth-order valence-corrected chi connectivity index (χ4v) is 4.39. The first-order valence-corrected chi connectivity index (χ1v) is 11.3. The summed E-state index contributed by atoms with van der Waals surface area (Å²) in [6.07, 6.45) is 3.85. The van der Waals surface area contributed by atoms with Crippen molar-refractivity contribution in [3.8, 4) is 0 Å². The van der Waals surface area contributed by atoms with Crippen molar-refractivity contribution in [2.24, 2.45) is 0 Å². The first kappa shape index (κ1) is 20.7. The molecule has 2 aliphatic rings. The fraction of sp³-hybridized carbons (Fsp3) is 0.500. The van der Waals surface area contributed by atoms with Crippen LogP contribution in [0.5, 0.6) is 0 Å². The molecular formula is C22H28N4O3S. The van der Waals surface area contributed by atoms with Crippen molar-refractivity contribution < 1.29 is 14.3 Å². The number of aromatic nitrogens is 1. The molecule has 160 valence electrons. The summed E-state index contributed by atoms with van der Waals surface area (Å²) in [5, 5.41) is 4.90. The highest BCUT2D eigenvalue weighted by molar-refractivity contribution is 7.12. The summed E-state index contributed by atoms with van der Waals surface area (Å²) in [7, 11) is 0. The minimum Gasteiger partial charge on any atom is -0.444 e. The molecule has 2 fully saturated rings. The summed E-state index contributed by atoms with van der Waals surface area (Å²) < 4.78 is 5.45. The van der Waals surface area contributed by atoms with E-state index in [1.807, 2.05) is 38.3 Å². The summed E-state index contributed by atoms with van der Waals surface area (Å²) in [4.78, 5) is 34.0. The van der Waals surface area contributed by atoms with Gasteiger partial charge in [-0.25, -0.2) is 9.78 Å². The van der Waals surface area contributed by atoms with Gasteiger partial charge in [-0.05, 0) is 68.7 Å². The molecule has 0 bridgehead atoms. The van der Waals surface area contributed by atoms with E-state index in [2.05, 4.69) is 21.3 Å². The van der Waals surface area contributed by atoms with Crippen LogP contribution in [0.15, 0.2) is 29.8 Å². The zero-order valence-corrected chi connectivity index (χ0v) is 18.5. The SMILES string of the molecule is CC(C)(C)OC(=O)N1CCN(c2ccc(NC(=O)c3sccc3C3CC3)nc2)CC1. The number of carbonyl (C=O) groups excluding carboxylic acids is 2. The Bertz CT molecular complexity index is 907. The van der Waals surface area contributed by atoms with Crippen LogP contribution in [0.25, 0.3) is 0 Å². The van der Waals surface area contributed by atoms with E-state index < -0.39 is 5.60 Å². The maximum absolute atomic E-state index is 12.6. The van der Waals surface area contributed by atoms with Crippen molar-refractivity contribution in [1.29, 1.82) is 0 Å². The highest BCUT2D eigenvalue weighted by atomic mass is 32.1. The Balaban J connectivity index is 1.31. The zero-order chi connectivity index (χ0) is 21.3. The van der Waals surface area contributed by atoms with Gasteiger partial charge in [0.2, 0.25) is 0 Å². The van der Waals surface area contributed by atoms with Crippen LogP contribution in [0.3, 0.4) is 0 Å². The third-order valence-electron chi connectivity index (χ3n) is 5.21. The number of nitrogens with one attached hydrogen (secondary N) is 1. The molecule has 1 aliphatic heterocycles. The molecule has 0 spiro atoms. The molecule has 3 heterocycles. The van der Waals surface area contributed by atoms with Crippen LogP contribution in [0.1, 0.15) is 54.8 Å². The second-order valence-electron chi connectivity index (χ2n) is 8.79. The van der Waals surface area contributed by atoms with E-state index in [0.717, 1.165) is 16.1 Å². The van der Waals surface area contributed by atoms with Gasteiger partial charge in [0.25, 0.3) is 5.91 Å². The quantitative estimate of drug-likeness (QED) is 0.785. The third-order valence-corrected chi connectivity index (χ3v) is 6.13. The lowest BCUT2D eigenvalue weighted by molar-refractivity contribution is 0.0240. The summed E-state index contributed by atoms with van der Waals surface area (Å²) in [6.45, 7) is 8.26. The number of hydrogen-bond acceptors (Lipinski definition) is 6. The molecule has 1 aliphatic carbocycles. The highest BCUT2D eigenvalue weighted by Gasteiger charge is 2.29. The predicted molar refractivity (Wildman–Crippen MR) is 119 cm³/mol. The van der Waals surface area contributed by atoms with Crippen molar-refractivity contribution in [1.82, 2.24) is 9.88 Å². The molecule has 4 rings (SSSR count). The topological polar surface area (TPSA) is 74.8 Å². The Morgan fingerprint density at radius 2 is 1.87 bits per heavy atom. The number of hydrogen-bond donors (Lipinski definition) is 1. The highest BCUT2D eigenvalue weighted by Crippen LogP contribution is 2.43. The molecule has 0 atom stereocenters. The van der Waals surface area contributed by atoms with E-state index >= 15 is 0 Å². The van der Waals surface area contributed by atoms with Gasteiger partial charge in [-0.1, -0.05) is 0 Å². The first-order chi connectivity index (χ1) is 14.3. The Labute approximate surface area is 181 Å². The molecule has 1 saturated heterocycles. The van der Waals surface area contributed by atoms with Gasteiger partial charge in [0.1, 0.15) is 11.4 Å². The van der Waals surface area contributed by atoms with E-state index in [1.165, 1.54) is 24.2 Å². The second kappa shape index (κ2) is 8.26. The van der Waals surface area contributed by atoms with Crippen LogP contribution in [0.4, 0.5) is 16.3 Å². The van der Waals surface area contributed by atoms with E-state index in [1.54, 1.807) is 11.1 Å². The minimum absolute atomic E-state index is 0.0851. The summed E-state index contributed by atoms with van der Waals surface area (Å²) >= 11 is 1.49. The molecule has 8 heteroatoms. The van der Waals surface area contributed by atoms with Crippen molar-refractivity contribution in [2.75, 3.05) is 36.4 Å². The van der Waals surface area contributed by atoms with Crippen LogP contribution in [-0.4, -0.2) is 53.7 Å². The molecule has 2 aromatic rings. The number of pyridine rings is 1. The van der Waals surface area contributed by atoms with Gasteiger partial charge in [0.05, 0.1) is 16.8 Å². The van der Waals surface area contributed by atoms with E-state index in [-0.39, 0.29) is 12.0 Å². The molecule has 7 nitrogen and oxygen atoms in total. The van der Waals surface area contributed by atoms with Crippen LogP contribution >= 0.6 is 11.3 Å². The standard InChI is InChI=1S/C22H28N4O3S/c1-22(2,3)29-21(28)26-11-9-25(10-12-26)16-6-7-18(23-14-16)24-20(27)19-17(8-13-30-19)15-4-5-15/h6-8,13-15H,4-5,9-12H2,1-3H3,(H,23,24,27). The number of piperazine rings is 1. The number of ether oxygens (including phenoxy) is 1. The van der Waals surface area contributed by atoms with Crippen LogP contribution in [-0.2, 0) is 4.74 Å². The molecule has 0 unspecified atom stereocenters. The lowest BCUT2D eigenvalue weighted by Crippen LogP contribution is -2.50. The molecular weight excluding hydrogens is 400 g/mol. The Kier molecular flexibility index (Phi) is 5.69. The van der Waals surface area contributed by atoms with E-state index in [9.17, 15) is 9.59 Å². The molecule has 1 N–H and O–H groups in total. The van der Waals surface area contributed by atoms with Crippen molar-refractivity contribution >= 4 is 34.8 Å². The average Bonchev–Trinajstić information content (AvgIpc) is 3.43. The molecule has 1 saturated carbocycles. The number of amides is 2. The molecule has 2 amide bonds. The number of thiophene rings is 1. The lowest BCUT2D eigenvalue weighted by atomic mass is 10.1. The molecule has 0 radical (unpaired) electrons. The Morgan fingerprint density at radius 3 is 2.47 bits per heavy atom. The molecule has 30 heavy (non-hydrogen) atoms. The van der Waals surface area contributed by atoms with Crippen molar-refractivity contribution in [3.63, 3.8) is 0 Å². The monoisotopic (exact) mass is 428 g/mol. The first-order valence-electron chi connectivity index (χ1n) is 10.4. The van der Waals surface area contributed by atoms with Gasteiger partial charge in [-0.15, -0.1) is 11.3 Å². The van der Waals surface area contributed by atoms with Gasteiger partial charge in [-0.2, -0.15) is 0 Å². The van der Waals surface area contributed by atoms with Crippen molar-refractivity contribution in [3.05, 3.63) is 40.2 Å². The van der Waals surface area contributed by atoms with Crippen LogP contribution < -0.4 is 10.2 Å². The predicted octanol–water partition coefficient (Wildman–Crippen LogP) is 4.33. The third kappa shape index (κ3) is 4.92. The molecule has 2 aromatic heterocycles. The summed E-state index contributed by atoms with van der Waals surface area (Å²) in [5.74, 6) is 1.01. The second-order valence-corrected chi connectivity index (χ2v) is 9.71. The maximum Gasteiger partial charge on any atom is 0.410 e. The maximum atomic E-state index is 12.6. The zero-order valence-electron chi connectivity index (χ0n) is 17.7. The minimum atomic E-state index is -0.485. The Morgan fingerprint density at radius 1 is 1.13 bits per heavy atom. The smallest absolute Gasteiger partial charge is 0.410 e. The number of rotatable bonds is 4. The fourth-order valence-electron chi connectivity index (χ4n) is 3.51. The van der Waals surface area contributed by atoms with Gasteiger partial charge in [0.15, 0.2) is 0 Å². The Hall–Kier alpha value is -2.61. The lowest BCUT2D eigenvalue weighted by Gasteiger charge is -2.36. The van der Waals surface area contributed by atoms with Gasteiger partial charge in [-0.3, -0.25) is 4.79 Å².